The number of carbonyl (C=O) groups is 2. The van der Waals surface area contributed by atoms with Gasteiger partial charge in [0, 0.05) is 6.54 Å². The molecule has 0 bridgehead atoms. The van der Waals surface area contributed by atoms with Crippen LogP contribution in [0.5, 0.6) is 0 Å². The molecule has 0 radical (unpaired) electrons. The highest BCUT2D eigenvalue weighted by Gasteiger charge is 2.13. The van der Waals surface area contributed by atoms with Crippen molar-refractivity contribution >= 4 is 29.0 Å². The molecule has 0 heterocycles. The van der Waals surface area contributed by atoms with E-state index in [-0.39, 0.29) is 11.5 Å². The Bertz CT molecular complexity index is 489. The van der Waals surface area contributed by atoms with Gasteiger partial charge >= 0.3 is 11.8 Å². The lowest BCUT2D eigenvalue weighted by Gasteiger charge is -2.09. The van der Waals surface area contributed by atoms with Crippen LogP contribution < -0.4 is 16.4 Å². The first-order valence-corrected chi connectivity index (χ1v) is 6.36. The first-order chi connectivity index (χ1) is 9.04. The Labute approximate surface area is 117 Å². The van der Waals surface area contributed by atoms with E-state index < -0.39 is 11.8 Å². The molecule has 1 aromatic rings. The van der Waals surface area contributed by atoms with E-state index in [1.165, 1.54) is 0 Å². The van der Waals surface area contributed by atoms with Gasteiger partial charge in [-0.3, -0.25) is 9.59 Å². The maximum absolute atomic E-state index is 11.5. The Morgan fingerprint density at radius 3 is 2.32 bits per heavy atom. The Balaban J connectivity index is 2.49. The SMILES string of the molecule is CCc1ccccc1CNC(=O)C(=O)NCC(N)=S. The van der Waals surface area contributed by atoms with Gasteiger partial charge in [0.25, 0.3) is 0 Å². The molecule has 0 unspecified atom stereocenters. The molecular weight excluding hydrogens is 262 g/mol. The van der Waals surface area contributed by atoms with Crippen LogP contribution in [0.15, 0.2) is 24.3 Å². The van der Waals surface area contributed by atoms with E-state index in [1.54, 1.807) is 0 Å². The van der Waals surface area contributed by atoms with Gasteiger partial charge in [0.2, 0.25) is 0 Å². The Kier molecular flexibility index (Phi) is 5.95. The largest absolute Gasteiger partial charge is 0.392 e. The first kappa shape index (κ1) is 15.1. The van der Waals surface area contributed by atoms with Crippen LogP contribution >= 0.6 is 12.2 Å². The Morgan fingerprint density at radius 1 is 1.16 bits per heavy atom. The van der Waals surface area contributed by atoms with Crippen LogP contribution in [0.25, 0.3) is 0 Å². The molecule has 0 fully saturated rings. The second kappa shape index (κ2) is 7.48. The third kappa shape index (κ3) is 5.05. The number of thiocarbonyl (C=S) groups is 1. The molecule has 4 N–H and O–H groups in total. The molecule has 1 rings (SSSR count). The lowest BCUT2D eigenvalue weighted by molar-refractivity contribution is -0.139. The molecule has 0 spiro atoms. The minimum absolute atomic E-state index is 0.0210. The topological polar surface area (TPSA) is 84.2 Å². The number of nitrogens with two attached hydrogens (primary N) is 1. The molecule has 6 heteroatoms. The summed E-state index contributed by atoms with van der Waals surface area (Å²) in [7, 11) is 0. The number of hydrogen-bond acceptors (Lipinski definition) is 3. The fraction of sp³-hybridized carbons (Fsp3) is 0.308. The number of rotatable bonds is 5. The van der Waals surface area contributed by atoms with Gasteiger partial charge in [-0.25, -0.2) is 0 Å². The monoisotopic (exact) mass is 279 g/mol. The standard InChI is InChI=1S/C13H17N3O2S/c1-2-9-5-3-4-6-10(9)7-15-12(17)13(18)16-8-11(14)19/h3-6H,2,7-8H2,1H3,(H2,14,19)(H,15,17)(H,16,18). The van der Waals surface area contributed by atoms with Crippen molar-refractivity contribution in [3.8, 4) is 0 Å². The van der Waals surface area contributed by atoms with Crippen molar-refractivity contribution in [3.63, 3.8) is 0 Å². The van der Waals surface area contributed by atoms with Gasteiger partial charge in [0.05, 0.1) is 11.5 Å². The molecule has 102 valence electrons. The summed E-state index contributed by atoms with van der Waals surface area (Å²) in [5.41, 5.74) is 7.37. The Hall–Kier alpha value is -1.95. The zero-order valence-corrected chi connectivity index (χ0v) is 11.5. The maximum atomic E-state index is 11.5. The van der Waals surface area contributed by atoms with Crippen LogP contribution in [-0.4, -0.2) is 23.3 Å². The molecule has 5 nitrogen and oxygen atoms in total. The van der Waals surface area contributed by atoms with Crippen molar-refractivity contribution in [1.29, 1.82) is 0 Å². The number of carbonyl (C=O) groups excluding carboxylic acids is 2. The quantitative estimate of drug-likeness (QED) is 0.533. The van der Waals surface area contributed by atoms with Gasteiger partial charge < -0.3 is 16.4 Å². The molecule has 0 aliphatic rings. The van der Waals surface area contributed by atoms with Crippen molar-refractivity contribution in [2.75, 3.05) is 6.54 Å². The minimum Gasteiger partial charge on any atom is -0.392 e. The molecule has 0 aliphatic heterocycles. The fourth-order valence-corrected chi connectivity index (χ4v) is 1.65. The van der Waals surface area contributed by atoms with Gasteiger partial charge in [-0.1, -0.05) is 43.4 Å². The Morgan fingerprint density at radius 2 is 1.74 bits per heavy atom. The average molecular weight is 279 g/mol. The van der Waals surface area contributed by atoms with E-state index in [2.05, 4.69) is 22.9 Å². The summed E-state index contributed by atoms with van der Waals surface area (Å²) < 4.78 is 0. The summed E-state index contributed by atoms with van der Waals surface area (Å²) in [6, 6.07) is 7.76. The van der Waals surface area contributed by atoms with Crippen LogP contribution in [0.3, 0.4) is 0 Å². The smallest absolute Gasteiger partial charge is 0.309 e. The van der Waals surface area contributed by atoms with Crippen LogP contribution in [0.1, 0.15) is 18.1 Å². The predicted molar refractivity (Wildman–Crippen MR) is 77.5 cm³/mol. The second-order valence-electron chi connectivity index (χ2n) is 3.95. The maximum Gasteiger partial charge on any atom is 0.309 e. The van der Waals surface area contributed by atoms with Crippen LogP contribution in [-0.2, 0) is 22.6 Å². The summed E-state index contributed by atoms with van der Waals surface area (Å²) in [6.45, 7) is 2.38. The van der Waals surface area contributed by atoms with E-state index in [0.29, 0.717) is 6.54 Å². The van der Waals surface area contributed by atoms with E-state index in [4.69, 9.17) is 5.73 Å². The second-order valence-corrected chi connectivity index (χ2v) is 4.48. The fourth-order valence-electron chi connectivity index (χ4n) is 1.58. The number of amides is 2. The molecule has 19 heavy (non-hydrogen) atoms. The van der Waals surface area contributed by atoms with Crippen molar-refractivity contribution in [1.82, 2.24) is 10.6 Å². The van der Waals surface area contributed by atoms with Crippen molar-refractivity contribution in [3.05, 3.63) is 35.4 Å². The van der Waals surface area contributed by atoms with Gasteiger partial charge in [0.1, 0.15) is 0 Å². The molecule has 0 saturated carbocycles. The highest BCUT2D eigenvalue weighted by molar-refractivity contribution is 7.80. The third-order valence-corrected chi connectivity index (χ3v) is 2.71. The molecule has 0 aromatic heterocycles. The van der Waals surface area contributed by atoms with Crippen LogP contribution in [0.2, 0.25) is 0 Å². The number of nitrogens with one attached hydrogen (secondary N) is 2. The summed E-state index contributed by atoms with van der Waals surface area (Å²) in [5, 5.41) is 4.89. The lowest BCUT2D eigenvalue weighted by Crippen LogP contribution is -2.42. The van der Waals surface area contributed by atoms with E-state index in [9.17, 15) is 9.59 Å². The van der Waals surface area contributed by atoms with E-state index in [0.717, 1.165) is 17.5 Å². The van der Waals surface area contributed by atoms with Gasteiger partial charge in [0.15, 0.2) is 0 Å². The van der Waals surface area contributed by atoms with Gasteiger partial charge in [-0.05, 0) is 17.5 Å². The summed E-state index contributed by atoms with van der Waals surface area (Å²) in [4.78, 5) is 23.0. The third-order valence-electron chi connectivity index (χ3n) is 2.57. The predicted octanol–water partition coefficient (Wildman–Crippen LogP) is 0.268. The molecule has 2 amide bonds. The minimum atomic E-state index is -0.734. The van der Waals surface area contributed by atoms with Crippen molar-refractivity contribution < 1.29 is 9.59 Å². The normalized spacial score (nSPS) is 9.74. The van der Waals surface area contributed by atoms with Crippen molar-refractivity contribution in [2.45, 2.75) is 19.9 Å². The molecule has 0 saturated heterocycles. The first-order valence-electron chi connectivity index (χ1n) is 5.95. The van der Waals surface area contributed by atoms with Crippen LogP contribution in [0, 0.1) is 0 Å². The van der Waals surface area contributed by atoms with Crippen molar-refractivity contribution in [2.24, 2.45) is 5.73 Å². The van der Waals surface area contributed by atoms with Crippen LogP contribution in [0.4, 0.5) is 0 Å². The molecule has 0 aliphatic carbocycles. The average Bonchev–Trinajstić information content (AvgIpc) is 2.42. The van der Waals surface area contributed by atoms with Gasteiger partial charge in [-0.15, -0.1) is 0 Å². The summed E-state index contributed by atoms with van der Waals surface area (Å²) >= 11 is 4.61. The molecule has 1 aromatic carbocycles. The molecular formula is C13H17N3O2S. The van der Waals surface area contributed by atoms with E-state index >= 15 is 0 Å². The van der Waals surface area contributed by atoms with Gasteiger partial charge in [-0.2, -0.15) is 0 Å². The van der Waals surface area contributed by atoms with E-state index in [1.807, 2.05) is 31.2 Å². The number of aryl methyl sites for hydroxylation is 1. The lowest BCUT2D eigenvalue weighted by atomic mass is 10.1. The zero-order valence-electron chi connectivity index (χ0n) is 10.7. The summed E-state index contributed by atoms with van der Waals surface area (Å²) in [5.74, 6) is -1.43. The highest BCUT2D eigenvalue weighted by Crippen LogP contribution is 2.08. The number of hydrogen-bond donors (Lipinski definition) is 3. The highest BCUT2D eigenvalue weighted by atomic mass is 32.1. The number of benzene rings is 1. The zero-order chi connectivity index (χ0) is 14.3. The summed E-state index contributed by atoms with van der Waals surface area (Å²) in [6.07, 6.45) is 0.875. The molecule has 0 atom stereocenters.